The summed E-state index contributed by atoms with van der Waals surface area (Å²) >= 11 is 6.03. The van der Waals surface area contributed by atoms with E-state index < -0.39 is 0 Å². The topological polar surface area (TPSA) is 37.0 Å². The van der Waals surface area contributed by atoms with Crippen LogP contribution in [0.5, 0.6) is 0 Å². The molecular weight excluding hydrogens is 198 g/mol. The molecule has 1 fully saturated rings. The van der Waals surface area contributed by atoms with Crippen LogP contribution in [0.4, 0.5) is 5.82 Å². The number of nitrogens with one attached hydrogen (secondary N) is 2. The Labute approximate surface area is 88.9 Å². The van der Waals surface area contributed by atoms with E-state index in [4.69, 9.17) is 11.6 Å². The van der Waals surface area contributed by atoms with Gasteiger partial charge in [0.05, 0.1) is 5.02 Å². The standard InChI is InChI=1S/C10H14ClN3/c1-12-10-4-7(9(11)6-14-10)5-13-8-2-3-8/h4,6,8,13H,2-3,5H2,1H3,(H,12,14). The predicted molar refractivity (Wildman–Crippen MR) is 58.7 cm³/mol. The highest BCUT2D eigenvalue weighted by atomic mass is 35.5. The highest BCUT2D eigenvalue weighted by Gasteiger charge is 2.20. The quantitative estimate of drug-likeness (QED) is 0.800. The maximum absolute atomic E-state index is 6.03. The van der Waals surface area contributed by atoms with Crippen LogP contribution in [0.15, 0.2) is 12.3 Å². The molecule has 3 nitrogen and oxygen atoms in total. The van der Waals surface area contributed by atoms with Crippen LogP contribution in [0.1, 0.15) is 18.4 Å². The molecule has 0 atom stereocenters. The minimum absolute atomic E-state index is 0.706. The maximum Gasteiger partial charge on any atom is 0.126 e. The Balaban J connectivity index is 2.04. The fraction of sp³-hybridized carbons (Fsp3) is 0.500. The van der Waals surface area contributed by atoms with Gasteiger partial charge in [-0.15, -0.1) is 0 Å². The van der Waals surface area contributed by atoms with Crippen LogP contribution in [0, 0.1) is 0 Å². The predicted octanol–water partition coefficient (Wildman–Crippen LogP) is 2.03. The van der Waals surface area contributed by atoms with Gasteiger partial charge >= 0.3 is 0 Å². The van der Waals surface area contributed by atoms with E-state index in [0.29, 0.717) is 6.04 Å². The molecule has 1 heterocycles. The number of aromatic nitrogens is 1. The zero-order chi connectivity index (χ0) is 9.97. The smallest absolute Gasteiger partial charge is 0.126 e. The van der Waals surface area contributed by atoms with Crippen molar-refractivity contribution < 1.29 is 0 Å². The van der Waals surface area contributed by atoms with Crippen LogP contribution in [0.2, 0.25) is 5.02 Å². The van der Waals surface area contributed by atoms with Gasteiger partial charge in [-0.1, -0.05) is 11.6 Å². The van der Waals surface area contributed by atoms with Gasteiger partial charge in [0.15, 0.2) is 0 Å². The lowest BCUT2D eigenvalue weighted by Crippen LogP contribution is -2.15. The monoisotopic (exact) mass is 211 g/mol. The van der Waals surface area contributed by atoms with Crippen LogP contribution < -0.4 is 10.6 Å². The number of rotatable bonds is 4. The lowest BCUT2D eigenvalue weighted by Gasteiger charge is -2.07. The number of anilines is 1. The molecule has 2 rings (SSSR count). The average Bonchev–Trinajstić information content (AvgIpc) is 3.00. The molecule has 1 aliphatic carbocycles. The van der Waals surface area contributed by atoms with Crippen molar-refractivity contribution in [2.45, 2.75) is 25.4 Å². The summed E-state index contributed by atoms with van der Waals surface area (Å²) in [5, 5.41) is 7.16. The van der Waals surface area contributed by atoms with Gasteiger partial charge in [-0.05, 0) is 24.5 Å². The van der Waals surface area contributed by atoms with Crippen molar-refractivity contribution in [1.29, 1.82) is 0 Å². The Bertz CT molecular complexity index is 323. The van der Waals surface area contributed by atoms with Crippen molar-refractivity contribution in [3.63, 3.8) is 0 Å². The highest BCUT2D eigenvalue weighted by molar-refractivity contribution is 6.31. The first kappa shape index (κ1) is 9.74. The van der Waals surface area contributed by atoms with E-state index in [1.165, 1.54) is 12.8 Å². The van der Waals surface area contributed by atoms with E-state index in [-0.39, 0.29) is 0 Å². The van der Waals surface area contributed by atoms with Gasteiger partial charge in [0.1, 0.15) is 5.82 Å². The zero-order valence-electron chi connectivity index (χ0n) is 8.18. The molecule has 0 unspecified atom stereocenters. The van der Waals surface area contributed by atoms with Crippen LogP contribution in [0.25, 0.3) is 0 Å². The van der Waals surface area contributed by atoms with E-state index in [0.717, 1.165) is 22.9 Å². The number of nitrogens with zero attached hydrogens (tertiary/aromatic N) is 1. The number of pyridine rings is 1. The van der Waals surface area contributed by atoms with Crippen LogP contribution in [0.3, 0.4) is 0 Å². The molecule has 1 aliphatic rings. The van der Waals surface area contributed by atoms with Gasteiger partial charge in [0.2, 0.25) is 0 Å². The lowest BCUT2D eigenvalue weighted by molar-refractivity contribution is 0.687. The van der Waals surface area contributed by atoms with Crippen molar-refractivity contribution in [3.05, 3.63) is 22.8 Å². The number of halogens is 1. The molecule has 14 heavy (non-hydrogen) atoms. The Kier molecular flexibility index (Phi) is 2.89. The molecule has 1 saturated carbocycles. The molecule has 1 aromatic heterocycles. The van der Waals surface area contributed by atoms with E-state index >= 15 is 0 Å². The second-order valence-corrected chi connectivity index (χ2v) is 3.97. The van der Waals surface area contributed by atoms with Crippen molar-refractivity contribution >= 4 is 17.4 Å². The van der Waals surface area contributed by atoms with Gasteiger partial charge in [-0.2, -0.15) is 0 Å². The molecule has 0 amide bonds. The molecule has 0 aliphatic heterocycles. The first-order valence-corrected chi connectivity index (χ1v) is 5.23. The van der Waals surface area contributed by atoms with E-state index in [9.17, 15) is 0 Å². The summed E-state index contributed by atoms with van der Waals surface area (Å²) in [6.45, 7) is 0.834. The summed E-state index contributed by atoms with van der Waals surface area (Å²) in [6.07, 6.45) is 4.28. The summed E-state index contributed by atoms with van der Waals surface area (Å²) in [7, 11) is 1.86. The van der Waals surface area contributed by atoms with Gasteiger partial charge in [-0.25, -0.2) is 4.98 Å². The molecular formula is C10H14ClN3. The molecule has 0 bridgehead atoms. The fourth-order valence-electron chi connectivity index (χ4n) is 1.29. The van der Waals surface area contributed by atoms with Crippen molar-refractivity contribution in [1.82, 2.24) is 10.3 Å². The third-order valence-corrected chi connectivity index (χ3v) is 2.69. The summed E-state index contributed by atoms with van der Waals surface area (Å²) in [5.74, 6) is 0.863. The summed E-state index contributed by atoms with van der Waals surface area (Å²) < 4.78 is 0. The van der Waals surface area contributed by atoms with Crippen LogP contribution >= 0.6 is 11.6 Å². The normalized spacial score (nSPS) is 15.6. The average molecular weight is 212 g/mol. The summed E-state index contributed by atoms with van der Waals surface area (Å²) in [6, 6.07) is 2.69. The Morgan fingerprint density at radius 2 is 2.36 bits per heavy atom. The number of hydrogen-bond acceptors (Lipinski definition) is 3. The van der Waals surface area contributed by atoms with Crippen molar-refractivity contribution in [2.75, 3.05) is 12.4 Å². The third kappa shape index (κ3) is 2.36. The molecule has 0 saturated heterocycles. The Hall–Kier alpha value is -0.800. The molecule has 1 aromatic rings. The maximum atomic E-state index is 6.03. The molecule has 76 valence electrons. The second kappa shape index (κ2) is 4.15. The SMILES string of the molecule is CNc1cc(CNC2CC2)c(Cl)cn1. The minimum atomic E-state index is 0.706. The van der Waals surface area contributed by atoms with Gasteiger partial charge in [0.25, 0.3) is 0 Å². The summed E-state index contributed by atoms with van der Waals surface area (Å²) in [4.78, 5) is 4.13. The summed E-state index contributed by atoms with van der Waals surface area (Å²) in [5.41, 5.74) is 1.11. The zero-order valence-corrected chi connectivity index (χ0v) is 8.93. The first-order chi connectivity index (χ1) is 6.79. The van der Waals surface area contributed by atoms with E-state index in [1.54, 1.807) is 6.20 Å². The second-order valence-electron chi connectivity index (χ2n) is 3.57. The third-order valence-electron chi connectivity index (χ3n) is 2.35. The number of hydrogen-bond donors (Lipinski definition) is 2. The largest absolute Gasteiger partial charge is 0.373 e. The molecule has 0 aromatic carbocycles. The molecule has 4 heteroatoms. The molecule has 2 N–H and O–H groups in total. The fourth-order valence-corrected chi connectivity index (χ4v) is 1.46. The van der Waals surface area contributed by atoms with Crippen LogP contribution in [-0.4, -0.2) is 18.1 Å². The Morgan fingerprint density at radius 1 is 1.57 bits per heavy atom. The van der Waals surface area contributed by atoms with Crippen LogP contribution in [-0.2, 0) is 6.54 Å². The van der Waals surface area contributed by atoms with Gasteiger partial charge in [-0.3, -0.25) is 0 Å². The molecule has 0 spiro atoms. The lowest BCUT2D eigenvalue weighted by atomic mass is 10.2. The minimum Gasteiger partial charge on any atom is -0.373 e. The van der Waals surface area contributed by atoms with E-state index in [1.807, 2.05) is 13.1 Å². The molecule has 0 radical (unpaired) electrons. The first-order valence-electron chi connectivity index (χ1n) is 4.85. The van der Waals surface area contributed by atoms with Gasteiger partial charge < -0.3 is 10.6 Å². The van der Waals surface area contributed by atoms with Gasteiger partial charge in [0, 0.05) is 25.8 Å². The highest BCUT2D eigenvalue weighted by Crippen LogP contribution is 2.22. The Morgan fingerprint density at radius 3 is 3.00 bits per heavy atom. The van der Waals surface area contributed by atoms with Crippen molar-refractivity contribution in [3.8, 4) is 0 Å². The van der Waals surface area contributed by atoms with E-state index in [2.05, 4.69) is 15.6 Å². The van der Waals surface area contributed by atoms with Crippen molar-refractivity contribution in [2.24, 2.45) is 0 Å².